The molecule has 17 heavy (non-hydrogen) atoms. The molecule has 0 saturated carbocycles. The molecule has 84 valence electrons. The number of nitrogens with zero attached hydrogens (tertiary/aromatic N) is 1. The molecule has 0 atom stereocenters. The summed E-state index contributed by atoms with van der Waals surface area (Å²) in [6, 6.07) is 11.7. The monoisotopic (exact) mass is 259 g/mol. The van der Waals surface area contributed by atoms with Crippen molar-refractivity contribution < 1.29 is 0 Å². The zero-order chi connectivity index (χ0) is 12.3. The molecule has 0 radical (unpaired) electrons. The SMILES string of the molecule is Cc1cscc1C(Cl)=C(C#N)c1ccccc1. The van der Waals surface area contributed by atoms with E-state index < -0.39 is 0 Å². The minimum atomic E-state index is 0.522. The Hall–Kier alpha value is -1.56. The van der Waals surface area contributed by atoms with Gasteiger partial charge in [0, 0.05) is 5.56 Å². The van der Waals surface area contributed by atoms with Crippen LogP contribution in [0.4, 0.5) is 0 Å². The summed E-state index contributed by atoms with van der Waals surface area (Å²) in [5.74, 6) is 0. The van der Waals surface area contributed by atoms with Crippen molar-refractivity contribution in [2.24, 2.45) is 0 Å². The maximum atomic E-state index is 9.25. The fourth-order valence-corrected chi connectivity index (χ4v) is 2.82. The van der Waals surface area contributed by atoms with Gasteiger partial charge in [-0.2, -0.15) is 16.6 Å². The molecular formula is C14H10ClNS. The smallest absolute Gasteiger partial charge is 0.101 e. The molecular weight excluding hydrogens is 250 g/mol. The molecule has 1 aromatic carbocycles. The highest BCUT2D eigenvalue weighted by atomic mass is 35.5. The van der Waals surface area contributed by atoms with E-state index in [4.69, 9.17) is 11.6 Å². The summed E-state index contributed by atoms with van der Waals surface area (Å²) in [4.78, 5) is 0. The summed E-state index contributed by atoms with van der Waals surface area (Å²) in [7, 11) is 0. The standard InChI is InChI=1S/C14H10ClNS/c1-10-8-17-9-13(10)14(15)12(7-16)11-5-3-2-4-6-11/h2-6,8-9H,1H3. The van der Waals surface area contributed by atoms with E-state index in [2.05, 4.69) is 6.07 Å². The molecule has 0 unspecified atom stereocenters. The molecule has 0 aliphatic heterocycles. The third kappa shape index (κ3) is 2.41. The van der Waals surface area contributed by atoms with Crippen molar-refractivity contribution in [3.05, 3.63) is 57.8 Å². The summed E-state index contributed by atoms with van der Waals surface area (Å²) >= 11 is 7.91. The number of hydrogen-bond donors (Lipinski definition) is 0. The molecule has 3 heteroatoms. The van der Waals surface area contributed by atoms with Crippen LogP contribution in [0.5, 0.6) is 0 Å². The molecule has 0 N–H and O–H groups in total. The Bertz CT molecular complexity index is 590. The van der Waals surface area contributed by atoms with Crippen LogP contribution in [0.15, 0.2) is 41.1 Å². The Morgan fingerprint density at radius 1 is 1.24 bits per heavy atom. The van der Waals surface area contributed by atoms with E-state index in [-0.39, 0.29) is 0 Å². The maximum absolute atomic E-state index is 9.25. The number of aryl methyl sites for hydroxylation is 1. The van der Waals surface area contributed by atoms with E-state index in [9.17, 15) is 5.26 Å². The van der Waals surface area contributed by atoms with Crippen LogP contribution in [-0.4, -0.2) is 0 Å². The van der Waals surface area contributed by atoms with Gasteiger partial charge < -0.3 is 0 Å². The fourth-order valence-electron chi connectivity index (χ4n) is 1.57. The van der Waals surface area contributed by atoms with Crippen molar-refractivity contribution in [2.75, 3.05) is 0 Å². The number of benzene rings is 1. The second-order valence-corrected chi connectivity index (χ2v) is 4.76. The summed E-state index contributed by atoms with van der Waals surface area (Å²) in [6.45, 7) is 1.99. The first-order chi connectivity index (χ1) is 8.24. The second-order valence-electron chi connectivity index (χ2n) is 3.64. The fraction of sp³-hybridized carbons (Fsp3) is 0.0714. The van der Waals surface area contributed by atoms with Gasteiger partial charge in [-0.25, -0.2) is 0 Å². The zero-order valence-electron chi connectivity index (χ0n) is 9.27. The molecule has 0 aliphatic rings. The lowest BCUT2D eigenvalue weighted by Gasteiger charge is -2.03. The van der Waals surface area contributed by atoms with Gasteiger partial charge in [0.15, 0.2) is 0 Å². The third-order valence-corrected chi connectivity index (χ3v) is 3.74. The van der Waals surface area contributed by atoms with Crippen LogP contribution < -0.4 is 0 Å². The average molecular weight is 260 g/mol. The van der Waals surface area contributed by atoms with Crippen molar-refractivity contribution in [1.29, 1.82) is 5.26 Å². The number of halogens is 1. The highest BCUT2D eigenvalue weighted by molar-refractivity contribution is 7.08. The van der Waals surface area contributed by atoms with E-state index in [0.29, 0.717) is 10.6 Å². The lowest BCUT2D eigenvalue weighted by molar-refractivity contribution is 1.50. The number of nitriles is 1. The highest BCUT2D eigenvalue weighted by Gasteiger charge is 2.11. The van der Waals surface area contributed by atoms with Gasteiger partial charge in [0.2, 0.25) is 0 Å². The van der Waals surface area contributed by atoms with Crippen molar-refractivity contribution in [1.82, 2.24) is 0 Å². The van der Waals surface area contributed by atoms with Crippen LogP contribution >= 0.6 is 22.9 Å². The van der Waals surface area contributed by atoms with E-state index >= 15 is 0 Å². The first-order valence-electron chi connectivity index (χ1n) is 5.12. The summed E-state index contributed by atoms with van der Waals surface area (Å²) in [6.07, 6.45) is 0. The highest BCUT2D eigenvalue weighted by Crippen LogP contribution is 2.32. The quantitative estimate of drug-likeness (QED) is 0.718. The molecule has 0 aliphatic carbocycles. The van der Waals surface area contributed by atoms with Crippen LogP contribution in [0.2, 0.25) is 0 Å². The Kier molecular flexibility index (Phi) is 3.63. The Morgan fingerprint density at radius 3 is 2.47 bits per heavy atom. The molecule has 1 heterocycles. The van der Waals surface area contributed by atoms with E-state index in [0.717, 1.165) is 16.7 Å². The summed E-state index contributed by atoms with van der Waals surface area (Å²) in [5.41, 5.74) is 3.42. The van der Waals surface area contributed by atoms with Gasteiger partial charge in [-0.1, -0.05) is 41.9 Å². The van der Waals surface area contributed by atoms with Crippen molar-refractivity contribution in [3.8, 4) is 6.07 Å². The number of rotatable bonds is 2. The van der Waals surface area contributed by atoms with Gasteiger partial charge in [0.05, 0.1) is 10.6 Å². The van der Waals surface area contributed by atoms with Crippen LogP contribution in [0, 0.1) is 18.3 Å². The zero-order valence-corrected chi connectivity index (χ0v) is 10.8. The third-order valence-electron chi connectivity index (χ3n) is 2.49. The molecule has 0 amide bonds. The number of allylic oxidation sites excluding steroid dienone is 1. The van der Waals surface area contributed by atoms with Crippen molar-refractivity contribution >= 4 is 33.5 Å². The minimum absolute atomic E-state index is 0.522. The predicted octanol–water partition coefficient (Wildman–Crippen LogP) is 4.69. The van der Waals surface area contributed by atoms with Crippen LogP contribution in [0.3, 0.4) is 0 Å². The van der Waals surface area contributed by atoms with Crippen molar-refractivity contribution in [2.45, 2.75) is 6.92 Å². The molecule has 1 nitrogen and oxygen atoms in total. The number of hydrogen-bond acceptors (Lipinski definition) is 2. The van der Waals surface area contributed by atoms with Gasteiger partial charge >= 0.3 is 0 Å². The van der Waals surface area contributed by atoms with Gasteiger partial charge in [0.25, 0.3) is 0 Å². The molecule has 0 spiro atoms. The summed E-state index contributed by atoms with van der Waals surface area (Å²) < 4.78 is 0. The predicted molar refractivity (Wildman–Crippen MR) is 73.8 cm³/mol. The topological polar surface area (TPSA) is 23.8 Å². The first-order valence-corrected chi connectivity index (χ1v) is 6.44. The first kappa shape index (κ1) is 11.9. The maximum Gasteiger partial charge on any atom is 0.101 e. The van der Waals surface area contributed by atoms with Gasteiger partial charge in [-0.05, 0) is 28.8 Å². The van der Waals surface area contributed by atoms with E-state index in [1.54, 1.807) is 11.3 Å². The van der Waals surface area contributed by atoms with Crippen molar-refractivity contribution in [3.63, 3.8) is 0 Å². The average Bonchev–Trinajstić information content (AvgIpc) is 2.77. The largest absolute Gasteiger partial charge is 0.192 e. The minimum Gasteiger partial charge on any atom is -0.192 e. The van der Waals surface area contributed by atoms with Gasteiger partial charge in [0.1, 0.15) is 6.07 Å². The molecule has 0 bridgehead atoms. The Labute approximate surface area is 110 Å². The van der Waals surface area contributed by atoms with Crippen LogP contribution in [0.1, 0.15) is 16.7 Å². The van der Waals surface area contributed by atoms with E-state index in [1.807, 2.05) is 48.0 Å². The van der Waals surface area contributed by atoms with Crippen LogP contribution in [-0.2, 0) is 0 Å². The molecule has 2 rings (SSSR count). The normalized spacial score (nSPS) is 11.8. The lowest BCUT2D eigenvalue weighted by atomic mass is 10.0. The van der Waals surface area contributed by atoms with Gasteiger partial charge in [-0.15, -0.1) is 0 Å². The van der Waals surface area contributed by atoms with Gasteiger partial charge in [-0.3, -0.25) is 0 Å². The lowest BCUT2D eigenvalue weighted by Crippen LogP contribution is -1.85. The Balaban J connectivity index is 2.57. The number of thiophene rings is 1. The summed E-state index contributed by atoms with van der Waals surface area (Å²) in [5, 5.41) is 13.8. The van der Waals surface area contributed by atoms with Crippen LogP contribution in [0.25, 0.3) is 10.6 Å². The molecule has 0 saturated heterocycles. The Morgan fingerprint density at radius 2 is 1.94 bits per heavy atom. The molecule has 0 fully saturated rings. The molecule has 1 aromatic heterocycles. The molecule has 2 aromatic rings. The second kappa shape index (κ2) is 5.18. The van der Waals surface area contributed by atoms with E-state index in [1.165, 1.54) is 0 Å².